The van der Waals surface area contributed by atoms with Crippen LogP contribution < -0.4 is 10.6 Å². The number of rotatable bonds is 0. The van der Waals surface area contributed by atoms with Crippen molar-refractivity contribution in [3.8, 4) is 0 Å². The number of H-pyrrole nitrogens is 1. The van der Waals surface area contributed by atoms with Gasteiger partial charge >= 0.3 is 0 Å². The van der Waals surface area contributed by atoms with Crippen LogP contribution in [0.4, 0.5) is 0 Å². The predicted octanol–water partition coefficient (Wildman–Crippen LogP) is -1.02. The summed E-state index contributed by atoms with van der Waals surface area (Å²) in [5, 5.41) is 15.8. The Morgan fingerprint density at radius 1 is 0.818 bits per heavy atom. The van der Waals surface area contributed by atoms with Crippen LogP contribution >= 0.6 is 0 Å². The van der Waals surface area contributed by atoms with Crippen molar-refractivity contribution in [3.05, 3.63) is 12.4 Å². The first-order valence-corrected chi connectivity index (χ1v) is 3.71. The fourth-order valence-corrected chi connectivity index (χ4v) is 0.770. The molecular weight excluding hydrogens is 142 g/mol. The highest BCUT2D eigenvalue weighted by molar-refractivity contribution is 4.59. The normalized spacial score (nSPS) is 16.7. The molecule has 0 amide bonds. The molecule has 3 N–H and O–H groups in total. The van der Waals surface area contributed by atoms with E-state index in [0.29, 0.717) is 0 Å². The number of aromatic nitrogens is 3. The van der Waals surface area contributed by atoms with Gasteiger partial charge in [-0.15, -0.1) is 0 Å². The Bertz CT molecular complexity index is 117. The molecule has 1 fully saturated rings. The van der Waals surface area contributed by atoms with E-state index in [0.717, 1.165) is 26.2 Å². The zero-order chi connectivity index (χ0) is 7.78. The summed E-state index contributed by atoms with van der Waals surface area (Å²) in [6.45, 7) is 4.56. The number of nitrogens with zero attached hydrogens (tertiary/aromatic N) is 2. The van der Waals surface area contributed by atoms with Crippen LogP contribution in [0, 0.1) is 0 Å². The molecule has 11 heavy (non-hydrogen) atoms. The fraction of sp³-hybridized carbons (Fsp3) is 0.667. The van der Waals surface area contributed by atoms with Gasteiger partial charge < -0.3 is 10.6 Å². The molecule has 1 aliphatic heterocycles. The third kappa shape index (κ3) is 4.46. The van der Waals surface area contributed by atoms with Crippen molar-refractivity contribution in [2.24, 2.45) is 0 Å². The Kier molecular flexibility index (Phi) is 4.31. The summed E-state index contributed by atoms with van der Waals surface area (Å²) in [4.78, 5) is 0. The molecule has 1 aromatic heterocycles. The number of hydrogen-bond donors (Lipinski definition) is 3. The molecule has 0 spiro atoms. The van der Waals surface area contributed by atoms with Gasteiger partial charge in [-0.05, 0) is 0 Å². The minimum Gasteiger partial charge on any atom is -0.314 e. The predicted molar refractivity (Wildman–Crippen MR) is 42.1 cm³/mol. The van der Waals surface area contributed by atoms with Crippen LogP contribution in [0.5, 0.6) is 0 Å². The van der Waals surface area contributed by atoms with E-state index >= 15 is 0 Å². The summed E-state index contributed by atoms with van der Waals surface area (Å²) >= 11 is 0. The van der Waals surface area contributed by atoms with E-state index in [9.17, 15) is 0 Å². The average molecular weight is 155 g/mol. The van der Waals surface area contributed by atoms with Gasteiger partial charge in [-0.2, -0.15) is 15.4 Å². The first-order valence-electron chi connectivity index (χ1n) is 3.71. The molecule has 0 aromatic carbocycles. The Balaban J connectivity index is 0.000000112. The Labute approximate surface area is 65.6 Å². The molecule has 0 radical (unpaired) electrons. The van der Waals surface area contributed by atoms with Gasteiger partial charge in [-0.3, -0.25) is 0 Å². The molecule has 1 saturated heterocycles. The second kappa shape index (κ2) is 5.82. The molecule has 0 saturated carbocycles. The Hall–Kier alpha value is -0.940. The Morgan fingerprint density at radius 2 is 1.27 bits per heavy atom. The molecule has 0 aliphatic carbocycles. The standard InChI is InChI=1S/C4H10N2.C2H3N3/c1-2-6-4-3-5-1;1-2-4-5-3-1/h5-6H,1-4H2;1-2H,(H,3,4,5). The van der Waals surface area contributed by atoms with Crippen LogP contribution in [0.1, 0.15) is 0 Å². The minimum atomic E-state index is 1.14. The van der Waals surface area contributed by atoms with Gasteiger partial charge in [-0.1, -0.05) is 0 Å². The van der Waals surface area contributed by atoms with Gasteiger partial charge in [-0.25, -0.2) is 0 Å². The van der Waals surface area contributed by atoms with Crippen molar-refractivity contribution >= 4 is 0 Å². The first kappa shape index (κ1) is 8.16. The second-order valence-corrected chi connectivity index (χ2v) is 2.16. The van der Waals surface area contributed by atoms with E-state index in [2.05, 4.69) is 26.0 Å². The van der Waals surface area contributed by atoms with Crippen molar-refractivity contribution < 1.29 is 0 Å². The molecular formula is C6H13N5. The van der Waals surface area contributed by atoms with E-state index in [4.69, 9.17) is 0 Å². The summed E-state index contributed by atoms with van der Waals surface area (Å²) in [5.74, 6) is 0. The quantitative estimate of drug-likeness (QED) is 0.449. The van der Waals surface area contributed by atoms with Gasteiger partial charge in [0.1, 0.15) is 0 Å². The van der Waals surface area contributed by atoms with Crippen LogP contribution in [-0.2, 0) is 0 Å². The van der Waals surface area contributed by atoms with Gasteiger partial charge in [0, 0.05) is 26.2 Å². The molecule has 1 aliphatic rings. The third-order valence-electron chi connectivity index (χ3n) is 1.29. The third-order valence-corrected chi connectivity index (χ3v) is 1.29. The lowest BCUT2D eigenvalue weighted by atomic mass is 10.4. The number of hydrogen-bond acceptors (Lipinski definition) is 4. The highest BCUT2D eigenvalue weighted by atomic mass is 15.3. The lowest BCUT2D eigenvalue weighted by molar-refractivity contribution is 0.534. The molecule has 5 nitrogen and oxygen atoms in total. The largest absolute Gasteiger partial charge is 0.314 e. The number of nitrogens with one attached hydrogen (secondary N) is 3. The van der Waals surface area contributed by atoms with Crippen LogP contribution in [0.25, 0.3) is 0 Å². The zero-order valence-corrected chi connectivity index (χ0v) is 6.38. The maximum absolute atomic E-state index is 3.49. The summed E-state index contributed by atoms with van der Waals surface area (Å²) < 4.78 is 0. The van der Waals surface area contributed by atoms with Crippen molar-refractivity contribution in [3.63, 3.8) is 0 Å². The number of piperazine rings is 1. The van der Waals surface area contributed by atoms with Crippen LogP contribution in [0.2, 0.25) is 0 Å². The van der Waals surface area contributed by atoms with E-state index < -0.39 is 0 Å². The lowest BCUT2D eigenvalue weighted by Crippen LogP contribution is -2.39. The minimum absolute atomic E-state index is 1.14. The molecule has 5 heteroatoms. The molecule has 1 aromatic rings. The highest BCUT2D eigenvalue weighted by Gasteiger charge is 1.91. The van der Waals surface area contributed by atoms with Crippen molar-refractivity contribution in [1.29, 1.82) is 0 Å². The van der Waals surface area contributed by atoms with E-state index in [1.165, 1.54) is 0 Å². The molecule has 0 unspecified atom stereocenters. The summed E-state index contributed by atoms with van der Waals surface area (Å²) in [6.07, 6.45) is 3.17. The molecule has 2 heterocycles. The smallest absolute Gasteiger partial charge is 0.0690 e. The average Bonchev–Trinajstić information content (AvgIpc) is 2.64. The zero-order valence-electron chi connectivity index (χ0n) is 6.38. The van der Waals surface area contributed by atoms with Crippen LogP contribution in [0.15, 0.2) is 12.4 Å². The highest BCUT2D eigenvalue weighted by Crippen LogP contribution is 1.65. The Morgan fingerprint density at radius 3 is 1.45 bits per heavy atom. The first-order chi connectivity index (χ1) is 5.50. The van der Waals surface area contributed by atoms with Gasteiger partial charge in [0.05, 0.1) is 12.4 Å². The van der Waals surface area contributed by atoms with Crippen molar-refractivity contribution in [2.75, 3.05) is 26.2 Å². The molecule has 0 bridgehead atoms. The van der Waals surface area contributed by atoms with Gasteiger partial charge in [0.25, 0.3) is 0 Å². The topological polar surface area (TPSA) is 65.6 Å². The fourth-order valence-electron chi connectivity index (χ4n) is 0.770. The lowest BCUT2D eigenvalue weighted by Gasteiger charge is -2.11. The monoisotopic (exact) mass is 155 g/mol. The maximum Gasteiger partial charge on any atom is 0.0690 e. The van der Waals surface area contributed by atoms with Crippen LogP contribution in [-0.4, -0.2) is 41.6 Å². The van der Waals surface area contributed by atoms with E-state index in [1.807, 2.05) is 0 Å². The van der Waals surface area contributed by atoms with Crippen molar-refractivity contribution in [1.82, 2.24) is 26.0 Å². The maximum atomic E-state index is 3.49. The molecule has 0 atom stereocenters. The number of aromatic amines is 1. The van der Waals surface area contributed by atoms with Crippen molar-refractivity contribution in [2.45, 2.75) is 0 Å². The summed E-state index contributed by atoms with van der Waals surface area (Å²) in [5.41, 5.74) is 0. The molecule has 2 rings (SSSR count). The summed E-state index contributed by atoms with van der Waals surface area (Å²) in [6, 6.07) is 0. The second-order valence-electron chi connectivity index (χ2n) is 2.16. The van der Waals surface area contributed by atoms with E-state index in [-0.39, 0.29) is 0 Å². The van der Waals surface area contributed by atoms with Crippen LogP contribution in [0.3, 0.4) is 0 Å². The summed E-state index contributed by atoms with van der Waals surface area (Å²) in [7, 11) is 0. The van der Waals surface area contributed by atoms with Gasteiger partial charge in [0.2, 0.25) is 0 Å². The van der Waals surface area contributed by atoms with Gasteiger partial charge in [0.15, 0.2) is 0 Å². The van der Waals surface area contributed by atoms with E-state index in [1.54, 1.807) is 12.4 Å². The SMILES string of the molecule is C1CNCCN1.c1cn[nH]n1. The molecule has 62 valence electrons.